The van der Waals surface area contributed by atoms with Crippen LogP contribution in [0.3, 0.4) is 0 Å². The number of hydrogen-bond donors (Lipinski definition) is 0. The smallest absolute Gasteiger partial charge is 0.306 e. The van der Waals surface area contributed by atoms with Crippen LogP contribution >= 0.6 is 0 Å². The van der Waals surface area contributed by atoms with Crippen molar-refractivity contribution in [2.24, 2.45) is 11.8 Å². The van der Waals surface area contributed by atoms with Crippen LogP contribution in [-0.4, -0.2) is 37.2 Å². The highest BCUT2D eigenvalue weighted by molar-refractivity contribution is 5.71. The number of hydrogen-bond acceptors (Lipinski definition) is 6. The lowest BCUT2D eigenvalue weighted by atomic mass is 10.00. The minimum atomic E-state index is -0.762. The predicted molar refractivity (Wildman–Crippen MR) is 238 cm³/mol. The highest BCUT2D eigenvalue weighted by Crippen LogP contribution is 2.17. The third kappa shape index (κ3) is 42.0. The average Bonchev–Trinajstić information content (AvgIpc) is 3.18. The molecular weight excluding hydrogens is 697 g/mol. The molecule has 0 heterocycles. The van der Waals surface area contributed by atoms with E-state index in [9.17, 15) is 14.4 Å². The molecule has 1 unspecified atom stereocenters. The Morgan fingerprint density at radius 1 is 0.375 bits per heavy atom. The maximum atomic E-state index is 12.8. The number of carbonyl (C=O) groups is 3. The molecule has 0 bridgehead atoms. The van der Waals surface area contributed by atoms with Gasteiger partial charge in [-0.15, -0.1) is 0 Å². The lowest BCUT2D eigenvalue weighted by Crippen LogP contribution is -2.30. The van der Waals surface area contributed by atoms with E-state index in [1.165, 1.54) is 161 Å². The highest BCUT2D eigenvalue weighted by Gasteiger charge is 2.19. The average molecular weight is 793 g/mol. The summed E-state index contributed by atoms with van der Waals surface area (Å²) in [6.07, 6.45) is 42.4. The van der Waals surface area contributed by atoms with Crippen LogP contribution in [0.15, 0.2) is 0 Å². The van der Waals surface area contributed by atoms with Crippen LogP contribution in [0.4, 0.5) is 0 Å². The van der Waals surface area contributed by atoms with Crippen molar-refractivity contribution in [2.45, 2.75) is 278 Å². The van der Waals surface area contributed by atoms with Crippen LogP contribution in [-0.2, 0) is 28.6 Å². The van der Waals surface area contributed by atoms with Gasteiger partial charge < -0.3 is 14.2 Å². The summed E-state index contributed by atoms with van der Waals surface area (Å²) in [5.41, 5.74) is 0. The van der Waals surface area contributed by atoms with Gasteiger partial charge in [0.2, 0.25) is 0 Å². The first-order chi connectivity index (χ1) is 27.3. The van der Waals surface area contributed by atoms with Crippen molar-refractivity contribution in [3.63, 3.8) is 0 Å². The summed E-state index contributed by atoms with van der Waals surface area (Å²) in [4.78, 5) is 37.8. The molecule has 0 fully saturated rings. The van der Waals surface area contributed by atoms with Gasteiger partial charge in [-0.1, -0.05) is 234 Å². The van der Waals surface area contributed by atoms with E-state index in [2.05, 4.69) is 34.6 Å². The Labute approximate surface area is 348 Å². The van der Waals surface area contributed by atoms with E-state index in [1.54, 1.807) is 0 Å². The number of carbonyl (C=O) groups excluding carboxylic acids is 3. The van der Waals surface area contributed by atoms with Crippen molar-refractivity contribution >= 4 is 17.9 Å². The van der Waals surface area contributed by atoms with Crippen molar-refractivity contribution in [1.82, 2.24) is 0 Å². The van der Waals surface area contributed by atoms with Gasteiger partial charge in [0.25, 0.3) is 0 Å². The van der Waals surface area contributed by atoms with E-state index in [1.807, 2.05) is 0 Å². The van der Waals surface area contributed by atoms with E-state index in [0.29, 0.717) is 19.3 Å². The molecule has 0 saturated carbocycles. The molecule has 0 aliphatic carbocycles. The van der Waals surface area contributed by atoms with Crippen molar-refractivity contribution in [2.75, 3.05) is 13.2 Å². The van der Waals surface area contributed by atoms with Crippen molar-refractivity contribution in [3.8, 4) is 0 Å². The molecular formula is C50H96O6. The van der Waals surface area contributed by atoms with Crippen LogP contribution in [0.5, 0.6) is 0 Å². The van der Waals surface area contributed by atoms with Crippen LogP contribution in [0, 0.1) is 11.8 Å². The summed E-state index contributed by atoms with van der Waals surface area (Å²) < 4.78 is 16.8. The SMILES string of the molecule is CCCCCCCCCCCCCCCCCCCC(=O)O[C@H](COC(=O)CCCCCCCCCCC(C)C)COC(=O)CCCCCCCCC(C)CC. The highest BCUT2D eigenvalue weighted by atomic mass is 16.6. The maximum absolute atomic E-state index is 12.8. The fraction of sp³-hybridized carbons (Fsp3) is 0.940. The number of rotatable bonds is 44. The molecule has 0 aliphatic heterocycles. The van der Waals surface area contributed by atoms with Crippen molar-refractivity contribution < 1.29 is 28.6 Å². The molecule has 0 aliphatic rings. The monoisotopic (exact) mass is 793 g/mol. The van der Waals surface area contributed by atoms with Gasteiger partial charge >= 0.3 is 17.9 Å². The second kappa shape index (κ2) is 43.0. The number of ether oxygens (including phenoxy) is 3. The standard InChI is InChI=1S/C50H96O6/c1-6-8-9-10-11-12-13-14-15-16-17-18-19-20-25-32-37-42-50(53)56-47(44-55-49(52)41-36-31-27-26-29-34-39-46(5)7-2)43-54-48(51)40-35-30-24-22-21-23-28-33-38-45(3)4/h45-47H,6-44H2,1-5H3/t46?,47-/m1/s1. The summed E-state index contributed by atoms with van der Waals surface area (Å²) >= 11 is 0. The summed E-state index contributed by atoms with van der Waals surface area (Å²) in [7, 11) is 0. The third-order valence-electron chi connectivity index (χ3n) is 11.6. The lowest BCUT2D eigenvalue weighted by Gasteiger charge is -2.18. The van der Waals surface area contributed by atoms with E-state index in [4.69, 9.17) is 14.2 Å². The van der Waals surface area contributed by atoms with Gasteiger partial charge in [-0.05, 0) is 31.1 Å². The Bertz CT molecular complexity index is 856. The molecule has 0 N–H and O–H groups in total. The minimum Gasteiger partial charge on any atom is -0.462 e. The predicted octanol–water partition coefficient (Wildman–Crippen LogP) is 15.8. The number of unbranched alkanes of at least 4 members (excludes halogenated alkanes) is 28. The number of esters is 3. The first-order valence-corrected chi connectivity index (χ1v) is 24.8. The largest absolute Gasteiger partial charge is 0.462 e. The Balaban J connectivity index is 4.29. The quantitative estimate of drug-likeness (QED) is 0.0347. The molecule has 0 aromatic heterocycles. The normalized spacial score (nSPS) is 12.5. The summed E-state index contributed by atoms with van der Waals surface area (Å²) in [6.45, 7) is 11.3. The van der Waals surface area contributed by atoms with Gasteiger partial charge in [0.05, 0.1) is 0 Å². The second-order valence-corrected chi connectivity index (χ2v) is 17.8. The Morgan fingerprint density at radius 3 is 1.02 bits per heavy atom. The van der Waals surface area contributed by atoms with Crippen LogP contribution in [0.25, 0.3) is 0 Å². The van der Waals surface area contributed by atoms with Gasteiger partial charge in [-0.2, -0.15) is 0 Å². The van der Waals surface area contributed by atoms with E-state index in [-0.39, 0.29) is 31.1 Å². The van der Waals surface area contributed by atoms with Crippen molar-refractivity contribution in [1.29, 1.82) is 0 Å². The van der Waals surface area contributed by atoms with E-state index in [0.717, 1.165) is 69.6 Å². The van der Waals surface area contributed by atoms with Crippen LogP contribution in [0.2, 0.25) is 0 Å². The molecule has 56 heavy (non-hydrogen) atoms. The molecule has 0 saturated heterocycles. The van der Waals surface area contributed by atoms with Crippen LogP contribution < -0.4 is 0 Å². The van der Waals surface area contributed by atoms with Gasteiger partial charge in [-0.25, -0.2) is 0 Å². The van der Waals surface area contributed by atoms with E-state index >= 15 is 0 Å². The third-order valence-corrected chi connectivity index (χ3v) is 11.6. The zero-order chi connectivity index (χ0) is 41.2. The minimum absolute atomic E-state index is 0.0655. The fourth-order valence-electron chi connectivity index (χ4n) is 7.43. The Hall–Kier alpha value is -1.59. The molecule has 332 valence electrons. The molecule has 0 aromatic rings. The molecule has 0 spiro atoms. The molecule has 0 amide bonds. The fourth-order valence-corrected chi connectivity index (χ4v) is 7.43. The lowest BCUT2D eigenvalue weighted by molar-refractivity contribution is -0.167. The first kappa shape index (κ1) is 54.4. The first-order valence-electron chi connectivity index (χ1n) is 24.8. The summed E-state index contributed by atoms with van der Waals surface area (Å²) in [5.74, 6) is 0.754. The van der Waals surface area contributed by atoms with Gasteiger partial charge in [0.15, 0.2) is 6.10 Å². The second-order valence-electron chi connectivity index (χ2n) is 17.8. The zero-order valence-corrected chi connectivity index (χ0v) is 38.3. The van der Waals surface area contributed by atoms with Gasteiger partial charge in [0, 0.05) is 19.3 Å². The summed E-state index contributed by atoms with van der Waals surface area (Å²) in [5, 5.41) is 0. The molecule has 0 aromatic carbocycles. The van der Waals surface area contributed by atoms with Gasteiger partial charge in [0.1, 0.15) is 13.2 Å². The Kier molecular flexibility index (Phi) is 41.8. The Morgan fingerprint density at radius 2 is 0.679 bits per heavy atom. The molecule has 6 nitrogen and oxygen atoms in total. The van der Waals surface area contributed by atoms with Crippen molar-refractivity contribution in [3.05, 3.63) is 0 Å². The molecule has 0 rings (SSSR count). The summed E-state index contributed by atoms with van der Waals surface area (Å²) in [6, 6.07) is 0. The maximum Gasteiger partial charge on any atom is 0.306 e. The van der Waals surface area contributed by atoms with Gasteiger partial charge in [-0.3, -0.25) is 14.4 Å². The van der Waals surface area contributed by atoms with Crippen LogP contribution in [0.1, 0.15) is 272 Å². The zero-order valence-electron chi connectivity index (χ0n) is 38.3. The molecule has 0 radical (unpaired) electrons. The molecule has 2 atom stereocenters. The topological polar surface area (TPSA) is 78.9 Å². The molecule has 6 heteroatoms. The van der Waals surface area contributed by atoms with E-state index < -0.39 is 6.10 Å².